The van der Waals surface area contributed by atoms with E-state index in [2.05, 4.69) is 20.6 Å². The van der Waals surface area contributed by atoms with E-state index in [1.54, 1.807) is 36.7 Å². The lowest BCUT2D eigenvalue weighted by atomic mass is 10.1. The highest BCUT2D eigenvalue weighted by Crippen LogP contribution is 2.25. The number of aromatic nitrogens is 2. The summed E-state index contributed by atoms with van der Waals surface area (Å²) in [5, 5.41) is 5.39. The van der Waals surface area contributed by atoms with Gasteiger partial charge in [0.15, 0.2) is 5.58 Å². The number of pyridine rings is 1. The second kappa shape index (κ2) is 9.08. The molecule has 4 rings (SSSR count). The van der Waals surface area contributed by atoms with Crippen LogP contribution in [0.1, 0.15) is 5.56 Å². The fourth-order valence-electron chi connectivity index (χ4n) is 3.13. The van der Waals surface area contributed by atoms with Gasteiger partial charge < -0.3 is 19.8 Å². The van der Waals surface area contributed by atoms with Crippen LogP contribution < -0.4 is 10.6 Å². The summed E-state index contributed by atoms with van der Waals surface area (Å²) in [7, 11) is 1.29. The zero-order valence-electron chi connectivity index (χ0n) is 16.7. The molecule has 2 aromatic heterocycles. The number of rotatable bonds is 6. The molecule has 0 bridgehead atoms. The summed E-state index contributed by atoms with van der Waals surface area (Å²) in [5.74, 6) is -0.0783. The van der Waals surface area contributed by atoms with Gasteiger partial charge in [-0.2, -0.15) is 0 Å². The van der Waals surface area contributed by atoms with Gasteiger partial charge in [0.1, 0.15) is 11.6 Å². The maximum atomic E-state index is 12.5. The van der Waals surface area contributed by atoms with Crippen LogP contribution in [0.5, 0.6) is 0 Å². The zero-order valence-corrected chi connectivity index (χ0v) is 16.7. The average molecular weight is 416 g/mol. The summed E-state index contributed by atoms with van der Waals surface area (Å²) in [6, 6.07) is 16.8. The lowest BCUT2D eigenvalue weighted by molar-refractivity contribution is -0.142. The predicted molar refractivity (Wildman–Crippen MR) is 115 cm³/mol. The Morgan fingerprint density at radius 3 is 2.68 bits per heavy atom. The highest BCUT2D eigenvalue weighted by atomic mass is 16.5. The Labute approximate surface area is 178 Å². The molecule has 0 saturated heterocycles. The smallest absolute Gasteiger partial charge is 0.328 e. The average Bonchev–Trinajstić information content (AvgIpc) is 3.23. The Hall–Kier alpha value is -4.20. The van der Waals surface area contributed by atoms with E-state index >= 15 is 0 Å². The van der Waals surface area contributed by atoms with Gasteiger partial charge in [-0.3, -0.25) is 4.98 Å². The maximum Gasteiger partial charge on any atom is 0.328 e. The van der Waals surface area contributed by atoms with Crippen LogP contribution in [0, 0.1) is 0 Å². The Bertz CT molecular complexity index is 1190. The molecule has 0 unspecified atom stereocenters. The number of urea groups is 1. The number of methoxy groups -OCH3 is 1. The van der Waals surface area contributed by atoms with Crippen molar-refractivity contribution in [2.75, 3.05) is 12.4 Å². The first kappa shape index (κ1) is 20.1. The van der Waals surface area contributed by atoms with E-state index in [-0.39, 0.29) is 0 Å². The van der Waals surface area contributed by atoms with Crippen LogP contribution in [0.15, 0.2) is 77.5 Å². The van der Waals surface area contributed by atoms with Gasteiger partial charge >= 0.3 is 12.0 Å². The first-order chi connectivity index (χ1) is 15.1. The molecular formula is C23H20N4O4. The molecule has 2 heterocycles. The third-order valence-corrected chi connectivity index (χ3v) is 4.63. The number of carbonyl (C=O) groups is 2. The molecule has 0 fully saturated rings. The van der Waals surface area contributed by atoms with Gasteiger partial charge in [0.25, 0.3) is 0 Å². The van der Waals surface area contributed by atoms with Crippen molar-refractivity contribution >= 4 is 28.8 Å². The molecule has 1 atom stereocenters. The quantitative estimate of drug-likeness (QED) is 0.463. The van der Waals surface area contributed by atoms with Crippen LogP contribution >= 0.6 is 0 Å². The number of fused-ring (bicyclic) bond motifs is 1. The van der Waals surface area contributed by atoms with Crippen LogP contribution in [-0.4, -0.2) is 35.1 Å². The Morgan fingerprint density at radius 2 is 1.94 bits per heavy atom. The summed E-state index contributed by atoms with van der Waals surface area (Å²) in [5.41, 5.74) is 3.35. The number of oxazole rings is 1. The zero-order chi connectivity index (χ0) is 21.6. The number of carbonyl (C=O) groups excluding carboxylic acids is 2. The fraction of sp³-hybridized carbons (Fsp3) is 0.130. The van der Waals surface area contributed by atoms with Crippen molar-refractivity contribution in [3.05, 3.63) is 78.6 Å². The molecule has 156 valence electrons. The summed E-state index contributed by atoms with van der Waals surface area (Å²) >= 11 is 0. The van der Waals surface area contributed by atoms with E-state index < -0.39 is 18.0 Å². The van der Waals surface area contributed by atoms with Gasteiger partial charge in [0.2, 0.25) is 5.89 Å². The Morgan fingerprint density at radius 1 is 1.10 bits per heavy atom. The molecule has 0 radical (unpaired) electrons. The molecule has 0 aliphatic heterocycles. The third kappa shape index (κ3) is 4.87. The second-order valence-electron chi connectivity index (χ2n) is 6.81. The predicted octanol–water partition coefficient (Wildman–Crippen LogP) is 3.80. The SMILES string of the molecule is COC(=O)[C@H](Cc1ccccc1)NC(=O)Nc1ccc2oc(-c3cccnc3)nc2c1. The number of hydrogen-bond acceptors (Lipinski definition) is 6. The summed E-state index contributed by atoms with van der Waals surface area (Å²) in [6.45, 7) is 0. The molecule has 2 N–H and O–H groups in total. The molecule has 0 aliphatic carbocycles. The molecule has 8 heteroatoms. The molecule has 8 nitrogen and oxygen atoms in total. The van der Waals surface area contributed by atoms with E-state index in [0.717, 1.165) is 11.1 Å². The minimum Gasteiger partial charge on any atom is -0.467 e. The summed E-state index contributed by atoms with van der Waals surface area (Å²) in [4.78, 5) is 33.2. The monoisotopic (exact) mass is 416 g/mol. The minimum absolute atomic E-state index is 0.317. The molecular weight excluding hydrogens is 396 g/mol. The molecule has 2 amide bonds. The van der Waals surface area contributed by atoms with Gasteiger partial charge in [-0.05, 0) is 35.9 Å². The van der Waals surface area contributed by atoms with Crippen LogP contribution in [0.2, 0.25) is 0 Å². The lowest BCUT2D eigenvalue weighted by Gasteiger charge is -2.17. The van der Waals surface area contributed by atoms with Crippen LogP contribution in [0.25, 0.3) is 22.6 Å². The van der Waals surface area contributed by atoms with Crippen molar-refractivity contribution in [2.45, 2.75) is 12.5 Å². The van der Waals surface area contributed by atoms with E-state index in [1.807, 2.05) is 36.4 Å². The normalized spacial score (nSPS) is 11.6. The van der Waals surface area contributed by atoms with Crippen molar-refractivity contribution in [1.82, 2.24) is 15.3 Å². The van der Waals surface area contributed by atoms with Gasteiger partial charge in [-0.1, -0.05) is 30.3 Å². The lowest BCUT2D eigenvalue weighted by Crippen LogP contribution is -2.45. The number of hydrogen-bond donors (Lipinski definition) is 2. The van der Waals surface area contributed by atoms with Gasteiger partial charge in [0, 0.05) is 24.5 Å². The Balaban J connectivity index is 1.47. The topological polar surface area (TPSA) is 106 Å². The number of nitrogens with one attached hydrogen (secondary N) is 2. The summed E-state index contributed by atoms with van der Waals surface area (Å²) < 4.78 is 10.6. The highest BCUT2D eigenvalue weighted by Gasteiger charge is 2.22. The van der Waals surface area contributed by atoms with Crippen LogP contribution in [0.4, 0.5) is 10.5 Å². The van der Waals surface area contributed by atoms with E-state index in [1.165, 1.54) is 7.11 Å². The van der Waals surface area contributed by atoms with Gasteiger partial charge in [-0.25, -0.2) is 14.6 Å². The van der Waals surface area contributed by atoms with Crippen molar-refractivity contribution in [1.29, 1.82) is 0 Å². The number of ether oxygens (including phenoxy) is 1. The first-order valence-corrected chi connectivity index (χ1v) is 9.62. The third-order valence-electron chi connectivity index (χ3n) is 4.63. The van der Waals surface area contributed by atoms with Crippen molar-refractivity contribution in [3.63, 3.8) is 0 Å². The number of nitrogens with zero attached hydrogens (tertiary/aromatic N) is 2. The van der Waals surface area contributed by atoms with Gasteiger partial charge in [0.05, 0.1) is 12.7 Å². The number of amides is 2. The largest absolute Gasteiger partial charge is 0.467 e. The second-order valence-corrected chi connectivity index (χ2v) is 6.81. The number of anilines is 1. The first-order valence-electron chi connectivity index (χ1n) is 9.62. The number of esters is 1. The van der Waals surface area contributed by atoms with Crippen molar-refractivity contribution in [2.24, 2.45) is 0 Å². The molecule has 2 aromatic carbocycles. The van der Waals surface area contributed by atoms with E-state index in [4.69, 9.17) is 9.15 Å². The standard InChI is InChI=1S/C23H20N4O4/c1-30-22(28)19(12-15-6-3-2-4-7-15)27-23(29)25-17-9-10-20-18(13-17)26-21(31-20)16-8-5-11-24-14-16/h2-11,13-14,19H,12H2,1H3,(H2,25,27,29)/t19-/m0/s1. The molecule has 0 saturated carbocycles. The van der Waals surface area contributed by atoms with Crippen molar-refractivity contribution in [3.8, 4) is 11.5 Å². The molecule has 0 aliphatic rings. The molecule has 0 spiro atoms. The fourth-order valence-corrected chi connectivity index (χ4v) is 3.13. The minimum atomic E-state index is -0.819. The van der Waals surface area contributed by atoms with Crippen molar-refractivity contribution < 1.29 is 18.7 Å². The molecule has 31 heavy (non-hydrogen) atoms. The van der Waals surface area contributed by atoms with Crippen LogP contribution in [0.3, 0.4) is 0 Å². The number of benzene rings is 2. The maximum absolute atomic E-state index is 12.5. The van der Waals surface area contributed by atoms with E-state index in [9.17, 15) is 9.59 Å². The van der Waals surface area contributed by atoms with Crippen LogP contribution in [-0.2, 0) is 16.0 Å². The molecule has 4 aromatic rings. The highest BCUT2D eigenvalue weighted by molar-refractivity contribution is 5.94. The van der Waals surface area contributed by atoms with E-state index in [0.29, 0.717) is 29.1 Å². The summed E-state index contributed by atoms with van der Waals surface area (Å²) in [6.07, 6.45) is 3.65. The van der Waals surface area contributed by atoms with Gasteiger partial charge in [-0.15, -0.1) is 0 Å². The Kier molecular flexibility index (Phi) is 5.89.